The van der Waals surface area contributed by atoms with Crippen molar-refractivity contribution in [2.45, 2.75) is 18.6 Å². The second kappa shape index (κ2) is 5.83. The molecule has 6 heteroatoms. The number of hydrogen-bond acceptors (Lipinski definition) is 5. The number of amides is 1. The Morgan fingerprint density at radius 3 is 2.75 bits per heavy atom. The van der Waals surface area contributed by atoms with Crippen molar-refractivity contribution in [1.82, 2.24) is 4.98 Å². The molecule has 0 saturated carbocycles. The van der Waals surface area contributed by atoms with Gasteiger partial charge in [-0.2, -0.15) is 12.6 Å². The number of aliphatic hydroxyl groups is 2. The number of thiol groups is 1. The number of pyridine rings is 1. The summed E-state index contributed by atoms with van der Waals surface area (Å²) in [6.07, 6.45) is -1.74. The highest BCUT2D eigenvalue weighted by atomic mass is 32.1. The van der Waals surface area contributed by atoms with Gasteiger partial charge >= 0.3 is 0 Å². The zero-order chi connectivity index (χ0) is 12.1. The molecule has 0 radical (unpaired) electrons. The van der Waals surface area contributed by atoms with Gasteiger partial charge in [-0.05, 0) is 24.3 Å². The van der Waals surface area contributed by atoms with Crippen LogP contribution in [0.2, 0.25) is 0 Å². The molecule has 0 bridgehead atoms. The number of aliphatic hydroxyl groups excluding tert-OH is 2. The summed E-state index contributed by atoms with van der Waals surface area (Å²) < 4.78 is 0. The molecule has 1 rings (SSSR count). The fourth-order valence-electron chi connectivity index (χ4n) is 1.24. The number of rotatable bonds is 5. The molecule has 0 aliphatic heterocycles. The minimum Gasteiger partial charge on any atom is -0.390 e. The van der Waals surface area contributed by atoms with Crippen LogP contribution in [0.3, 0.4) is 0 Å². The second-order valence-corrected chi connectivity index (χ2v) is 3.78. The van der Waals surface area contributed by atoms with Gasteiger partial charge in [-0.15, -0.1) is 0 Å². The van der Waals surface area contributed by atoms with Crippen molar-refractivity contribution in [1.29, 1.82) is 0 Å². The van der Waals surface area contributed by atoms with Crippen molar-refractivity contribution >= 4 is 18.5 Å². The number of nitrogens with two attached hydrogens (primary N) is 1. The summed E-state index contributed by atoms with van der Waals surface area (Å²) in [5.41, 5.74) is 5.35. The molecule has 2 atom stereocenters. The van der Waals surface area contributed by atoms with Crippen molar-refractivity contribution in [2.24, 2.45) is 5.73 Å². The monoisotopic (exact) mass is 242 g/mol. The van der Waals surface area contributed by atoms with Gasteiger partial charge in [-0.3, -0.25) is 4.79 Å². The average Bonchev–Trinajstić information content (AvgIpc) is 2.28. The molecule has 1 heterocycles. The molecule has 1 aromatic rings. The minimum atomic E-state index is -1.13. The van der Waals surface area contributed by atoms with Gasteiger partial charge in [0.15, 0.2) is 0 Å². The zero-order valence-electron chi connectivity index (χ0n) is 8.58. The molecule has 0 aliphatic rings. The normalized spacial score (nSPS) is 14.4. The Morgan fingerprint density at radius 1 is 1.50 bits per heavy atom. The van der Waals surface area contributed by atoms with E-state index in [1.807, 2.05) is 0 Å². The Balaban J connectivity index is 2.86. The van der Waals surface area contributed by atoms with E-state index in [9.17, 15) is 15.0 Å². The van der Waals surface area contributed by atoms with Crippen molar-refractivity contribution in [3.05, 3.63) is 29.6 Å². The first-order valence-electron chi connectivity index (χ1n) is 4.80. The summed E-state index contributed by atoms with van der Waals surface area (Å²) in [5, 5.41) is 19.3. The van der Waals surface area contributed by atoms with E-state index in [0.717, 1.165) is 0 Å². The Kier molecular flexibility index (Phi) is 4.72. The van der Waals surface area contributed by atoms with Crippen LogP contribution in [0.1, 0.15) is 28.7 Å². The quantitative estimate of drug-likeness (QED) is 0.542. The van der Waals surface area contributed by atoms with Crippen LogP contribution in [0, 0.1) is 0 Å². The summed E-state index contributed by atoms with van der Waals surface area (Å²) in [5.74, 6) is -0.217. The summed E-state index contributed by atoms with van der Waals surface area (Å²) in [4.78, 5) is 14.7. The van der Waals surface area contributed by atoms with E-state index < -0.39 is 18.1 Å². The predicted octanol–water partition coefficient (Wildman–Crippen LogP) is -0.105. The van der Waals surface area contributed by atoms with Gasteiger partial charge in [0.25, 0.3) is 5.91 Å². The number of carbonyl (C=O) groups is 1. The molecule has 0 spiro atoms. The third-order valence-electron chi connectivity index (χ3n) is 2.12. The number of nitrogens with zero attached hydrogens (tertiary/aromatic N) is 1. The standard InChI is InChI=1S/C10H14N2O3S/c11-10(15)7-3-1-2-6(12-7)9(14)8(13)4-5-16/h1-3,8-9,13-14,16H,4-5H2,(H2,11,15). The van der Waals surface area contributed by atoms with Gasteiger partial charge in [0.05, 0.1) is 11.8 Å². The molecular formula is C10H14N2O3S. The average molecular weight is 242 g/mol. The van der Waals surface area contributed by atoms with Crippen molar-refractivity contribution in [3.8, 4) is 0 Å². The molecular weight excluding hydrogens is 228 g/mol. The topological polar surface area (TPSA) is 96.4 Å². The predicted molar refractivity (Wildman–Crippen MR) is 62.2 cm³/mol. The number of primary amides is 1. The first kappa shape index (κ1) is 13.0. The number of hydrogen-bond donors (Lipinski definition) is 4. The molecule has 0 saturated heterocycles. The minimum absolute atomic E-state index is 0.0645. The van der Waals surface area contributed by atoms with Crippen LogP contribution in [0.15, 0.2) is 18.2 Å². The van der Waals surface area contributed by atoms with Gasteiger partial charge in [-0.1, -0.05) is 6.07 Å². The SMILES string of the molecule is NC(=O)c1cccc(C(O)C(O)CCS)n1. The lowest BCUT2D eigenvalue weighted by atomic mass is 10.1. The van der Waals surface area contributed by atoms with E-state index in [1.54, 1.807) is 6.07 Å². The third kappa shape index (κ3) is 3.19. The van der Waals surface area contributed by atoms with Gasteiger partial charge in [0, 0.05) is 0 Å². The van der Waals surface area contributed by atoms with Crippen LogP contribution in [0.5, 0.6) is 0 Å². The number of carbonyl (C=O) groups excluding carboxylic acids is 1. The highest BCUT2D eigenvalue weighted by Gasteiger charge is 2.19. The van der Waals surface area contributed by atoms with E-state index >= 15 is 0 Å². The summed E-state index contributed by atoms with van der Waals surface area (Å²) >= 11 is 3.95. The molecule has 1 aromatic heterocycles. The lowest BCUT2D eigenvalue weighted by Crippen LogP contribution is -2.21. The molecule has 0 aliphatic carbocycles. The summed E-state index contributed by atoms with van der Waals surface area (Å²) in [6, 6.07) is 4.53. The molecule has 5 nitrogen and oxygen atoms in total. The highest BCUT2D eigenvalue weighted by Crippen LogP contribution is 2.17. The summed E-state index contributed by atoms with van der Waals surface area (Å²) in [6.45, 7) is 0. The van der Waals surface area contributed by atoms with Gasteiger partial charge in [-0.25, -0.2) is 4.98 Å². The van der Waals surface area contributed by atoms with Crippen molar-refractivity contribution < 1.29 is 15.0 Å². The van der Waals surface area contributed by atoms with E-state index in [-0.39, 0.29) is 11.4 Å². The van der Waals surface area contributed by atoms with Crippen LogP contribution in [0.25, 0.3) is 0 Å². The van der Waals surface area contributed by atoms with Crippen LogP contribution in [-0.4, -0.2) is 33.0 Å². The fraction of sp³-hybridized carbons (Fsp3) is 0.400. The lowest BCUT2D eigenvalue weighted by molar-refractivity contribution is 0.0146. The van der Waals surface area contributed by atoms with Gasteiger partial charge in [0.1, 0.15) is 11.8 Å². The van der Waals surface area contributed by atoms with Crippen LogP contribution < -0.4 is 5.73 Å². The Labute approximate surface area is 98.7 Å². The summed E-state index contributed by atoms with van der Waals surface area (Å²) in [7, 11) is 0. The Bertz CT molecular complexity index is 373. The molecule has 4 N–H and O–H groups in total. The van der Waals surface area contributed by atoms with E-state index in [2.05, 4.69) is 17.6 Å². The maximum atomic E-state index is 10.9. The third-order valence-corrected chi connectivity index (χ3v) is 2.37. The van der Waals surface area contributed by atoms with Gasteiger partial charge in [0.2, 0.25) is 0 Å². The van der Waals surface area contributed by atoms with Crippen LogP contribution in [-0.2, 0) is 0 Å². The van der Waals surface area contributed by atoms with Gasteiger partial charge < -0.3 is 15.9 Å². The largest absolute Gasteiger partial charge is 0.390 e. The van der Waals surface area contributed by atoms with E-state index in [1.165, 1.54) is 12.1 Å². The van der Waals surface area contributed by atoms with Crippen molar-refractivity contribution in [3.63, 3.8) is 0 Å². The molecule has 88 valence electrons. The maximum Gasteiger partial charge on any atom is 0.267 e. The zero-order valence-corrected chi connectivity index (χ0v) is 9.47. The molecule has 1 amide bonds. The number of aromatic nitrogens is 1. The van der Waals surface area contributed by atoms with Crippen molar-refractivity contribution in [2.75, 3.05) is 5.75 Å². The molecule has 16 heavy (non-hydrogen) atoms. The molecule has 2 unspecified atom stereocenters. The van der Waals surface area contributed by atoms with E-state index in [4.69, 9.17) is 5.73 Å². The Hall–Kier alpha value is -1.11. The maximum absolute atomic E-state index is 10.9. The first-order valence-corrected chi connectivity index (χ1v) is 5.43. The molecule has 0 fully saturated rings. The second-order valence-electron chi connectivity index (χ2n) is 3.34. The molecule has 0 aromatic carbocycles. The lowest BCUT2D eigenvalue weighted by Gasteiger charge is -2.16. The van der Waals surface area contributed by atoms with E-state index in [0.29, 0.717) is 12.2 Å². The van der Waals surface area contributed by atoms with Crippen LogP contribution in [0.4, 0.5) is 0 Å². The fourth-order valence-corrected chi connectivity index (χ4v) is 1.51. The Morgan fingerprint density at radius 2 is 2.19 bits per heavy atom. The van der Waals surface area contributed by atoms with Crippen LogP contribution >= 0.6 is 12.6 Å². The smallest absolute Gasteiger partial charge is 0.267 e. The highest BCUT2D eigenvalue weighted by molar-refractivity contribution is 7.80. The first-order chi connectivity index (χ1) is 7.56.